The Morgan fingerprint density at radius 1 is 1.52 bits per heavy atom. The molecular weight excluding hydrogens is 412 g/mol. The van der Waals surface area contributed by atoms with Gasteiger partial charge in [-0.2, -0.15) is 4.99 Å². The van der Waals surface area contributed by atoms with Crippen molar-refractivity contribution in [2.75, 3.05) is 13.1 Å². The summed E-state index contributed by atoms with van der Waals surface area (Å²) in [5.74, 6) is 0.672. The molecule has 25 heavy (non-hydrogen) atoms. The first-order valence-corrected chi connectivity index (χ1v) is 9.07. The van der Waals surface area contributed by atoms with E-state index in [-0.39, 0.29) is 11.2 Å². The fourth-order valence-corrected chi connectivity index (χ4v) is 2.80. The molecule has 0 radical (unpaired) electrons. The fourth-order valence-electron chi connectivity index (χ4n) is 2.37. The Labute approximate surface area is 160 Å². The van der Waals surface area contributed by atoms with Crippen molar-refractivity contribution in [2.45, 2.75) is 45.3 Å². The van der Waals surface area contributed by atoms with E-state index in [0.29, 0.717) is 22.8 Å². The molecule has 0 bridgehead atoms. The number of nitrogens with two attached hydrogens (primary N) is 1. The summed E-state index contributed by atoms with van der Waals surface area (Å²) in [5.41, 5.74) is 5.57. The highest BCUT2D eigenvalue weighted by Crippen LogP contribution is 2.28. The van der Waals surface area contributed by atoms with Gasteiger partial charge >= 0.3 is 6.09 Å². The van der Waals surface area contributed by atoms with Crippen molar-refractivity contribution >= 4 is 45.4 Å². The maximum absolute atomic E-state index is 11.9. The highest BCUT2D eigenvalue weighted by atomic mass is 79.9. The van der Waals surface area contributed by atoms with Crippen molar-refractivity contribution in [3.63, 3.8) is 0 Å². The van der Waals surface area contributed by atoms with Crippen molar-refractivity contribution in [1.82, 2.24) is 20.2 Å². The zero-order chi connectivity index (χ0) is 18.6. The number of halogens is 2. The number of ether oxygens (including phenoxy) is 1. The molecule has 3 N–H and O–H groups in total. The van der Waals surface area contributed by atoms with E-state index in [9.17, 15) is 4.79 Å². The molecule has 2 heterocycles. The van der Waals surface area contributed by atoms with Gasteiger partial charge in [0.1, 0.15) is 17.1 Å². The number of carbonyl (C=O) groups is 1. The summed E-state index contributed by atoms with van der Waals surface area (Å²) >= 11 is 9.23. The summed E-state index contributed by atoms with van der Waals surface area (Å²) in [6, 6.07) is -0.0604. The molecule has 1 aromatic heterocycles. The van der Waals surface area contributed by atoms with Gasteiger partial charge in [-0.25, -0.2) is 14.8 Å². The van der Waals surface area contributed by atoms with Crippen molar-refractivity contribution in [3.05, 3.63) is 16.0 Å². The number of hydrogen-bond acceptors (Lipinski definition) is 5. The Morgan fingerprint density at radius 2 is 2.24 bits per heavy atom. The van der Waals surface area contributed by atoms with E-state index in [1.165, 1.54) is 6.33 Å². The van der Waals surface area contributed by atoms with E-state index in [1.807, 2.05) is 25.7 Å². The second-order valence-corrected chi connectivity index (χ2v) is 7.85. The Bertz CT molecular complexity index is 664. The number of guanidine groups is 1. The third-order valence-electron chi connectivity index (χ3n) is 3.42. The second-order valence-electron chi connectivity index (χ2n) is 6.70. The number of nitrogens with one attached hydrogen (secondary N) is 1. The first-order valence-electron chi connectivity index (χ1n) is 7.90. The average molecular weight is 434 g/mol. The lowest BCUT2D eigenvalue weighted by Gasteiger charge is -2.34. The lowest BCUT2D eigenvalue weighted by atomic mass is 10.1. The van der Waals surface area contributed by atoms with Crippen LogP contribution in [0, 0.1) is 0 Å². The standard InChI is InChI=1S/C15H22BrClN6O2/c1-15(2,3)25-14(24)21-9-5-4-6-23(7-9)13(18)22-12-10(16)11(17)19-8-20-12/h8-9H,4-7H2,1-3H3,(H,21,24)(H2,18,19,20,22). The van der Waals surface area contributed by atoms with Gasteiger partial charge in [0.05, 0.1) is 4.47 Å². The third-order valence-corrected chi connectivity index (χ3v) is 4.66. The molecule has 10 heteroatoms. The lowest BCUT2D eigenvalue weighted by Crippen LogP contribution is -2.52. The highest BCUT2D eigenvalue weighted by Gasteiger charge is 2.25. The van der Waals surface area contributed by atoms with Gasteiger partial charge in [-0.05, 0) is 49.5 Å². The van der Waals surface area contributed by atoms with Gasteiger partial charge in [-0.1, -0.05) is 11.6 Å². The number of rotatable bonds is 2. The minimum atomic E-state index is -0.530. The van der Waals surface area contributed by atoms with Crippen LogP contribution < -0.4 is 11.1 Å². The number of likely N-dealkylation sites (tertiary alicyclic amines) is 1. The van der Waals surface area contributed by atoms with Crippen molar-refractivity contribution in [1.29, 1.82) is 0 Å². The molecule has 0 aromatic carbocycles. The smallest absolute Gasteiger partial charge is 0.407 e. The summed E-state index contributed by atoms with van der Waals surface area (Å²) < 4.78 is 5.78. The van der Waals surface area contributed by atoms with Crippen LogP contribution in [-0.4, -0.2) is 51.7 Å². The largest absolute Gasteiger partial charge is 0.444 e. The van der Waals surface area contributed by atoms with E-state index < -0.39 is 11.7 Å². The topological polar surface area (TPSA) is 106 Å². The molecular formula is C15H22BrClN6O2. The molecule has 1 saturated heterocycles. The Balaban J connectivity index is 2.01. The van der Waals surface area contributed by atoms with E-state index in [1.54, 1.807) is 0 Å². The zero-order valence-electron chi connectivity index (χ0n) is 14.4. The van der Waals surface area contributed by atoms with E-state index in [4.69, 9.17) is 22.1 Å². The highest BCUT2D eigenvalue weighted by molar-refractivity contribution is 9.10. The molecule has 1 aromatic rings. The molecule has 0 spiro atoms. The van der Waals surface area contributed by atoms with E-state index >= 15 is 0 Å². The maximum atomic E-state index is 11.9. The summed E-state index contributed by atoms with van der Waals surface area (Å²) in [4.78, 5) is 26.0. The molecule has 2 rings (SSSR count). The molecule has 1 aliphatic heterocycles. The van der Waals surface area contributed by atoms with Gasteiger partial charge < -0.3 is 20.7 Å². The molecule has 0 aliphatic carbocycles. The van der Waals surface area contributed by atoms with Crippen LogP contribution in [0.4, 0.5) is 10.6 Å². The maximum Gasteiger partial charge on any atom is 0.407 e. The van der Waals surface area contributed by atoms with Crippen molar-refractivity contribution < 1.29 is 9.53 Å². The normalized spacial score (nSPS) is 18.8. The van der Waals surface area contributed by atoms with Crippen molar-refractivity contribution in [3.8, 4) is 0 Å². The predicted molar refractivity (Wildman–Crippen MR) is 100.0 cm³/mol. The van der Waals surface area contributed by atoms with Crippen LogP contribution in [0.25, 0.3) is 0 Å². The quantitative estimate of drug-likeness (QED) is 0.422. The summed E-state index contributed by atoms with van der Waals surface area (Å²) in [7, 11) is 0. The summed E-state index contributed by atoms with van der Waals surface area (Å²) in [5, 5.41) is 3.14. The van der Waals surface area contributed by atoms with E-state index in [2.05, 4.69) is 36.2 Å². The first kappa shape index (κ1) is 19.7. The average Bonchev–Trinajstić information content (AvgIpc) is 2.50. The first-order chi connectivity index (χ1) is 11.7. The van der Waals surface area contributed by atoms with E-state index in [0.717, 1.165) is 19.4 Å². The van der Waals surface area contributed by atoms with Crippen LogP contribution >= 0.6 is 27.5 Å². The van der Waals surface area contributed by atoms with Crippen LogP contribution in [0.5, 0.6) is 0 Å². The Kier molecular flexibility index (Phi) is 6.45. The van der Waals surface area contributed by atoms with Gasteiger partial charge in [0, 0.05) is 19.1 Å². The van der Waals surface area contributed by atoms with Gasteiger partial charge in [0.25, 0.3) is 0 Å². The monoisotopic (exact) mass is 432 g/mol. The second kappa shape index (κ2) is 8.18. The SMILES string of the molecule is CC(C)(C)OC(=O)NC1CCCN(/C(N)=N/c2ncnc(Cl)c2Br)C1. The Morgan fingerprint density at radius 3 is 2.92 bits per heavy atom. The minimum absolute atomic E-state index is 0.0604. The summed E-state index contributed by atoms with van der Waals surface area (Å²) in [6.45, 7) is 6.78. The number of carbonyl (C=O) groups excluding carboxylic acids is 1. The molecule has 1 unspecified atom stereocenters. The molecule has 0 saturated carbocycles. The van der Waals surface area contributed by atoms with Crippen LogP contribution in [-0.2, 0) is 4.74 Å². The number of aliphatic imine (C=N–C) groups is 1. The van der Waals surface area contributed by atoms with Gasteiger partial charge in [0.15, 0.2) is 11.8 Å². The number of alkyl carbamates (subject to hydrolysis) is 1. The van der Waals surface area contributed by atoms with Crippen LogP contribution in [0.15, 0.2) is 15.8 Å². The van der Waals surface area contributed by atoms with Crippen LogP contribution in [0.3, 0.4) is 0 Å². The number of nitrogens with zero attached hydrogens (tertiary/aromatic N) is 4. The zero-order valence-corrected chi connectivity index (χ0v) is 16.8. The van der Waals surface area contributed by atoms with Crippen molar-refractivity contribution in [2.24, 2.45) is 10.7 Å². The van der Waals surface area contributed by atoms with Gasteiger partial charge in [-0.15, -0.1) is 0 Å². The fraction of sp³-hybridized carbons (Fsp3) is 0.600. The number of hydrogen-bond donors (Lipinski definition) is 2. The summed E-state index contributed by atoms with van der Waals surface area (Å²) in [6.07, 6.45) is 2.62. The number of amides is 1. The third kappa shape index (κ3) is 6.00. The molecule has 8 nitrogen and oxygen atoms in total. The predicted octanol–water partition coefficient (Wildman–Crippen LogP) is 2.83. The van der Waals surface area contributed by atoms with Gasteiger partial charge in [-0.3, -0.25) is 0 Å². The number of aromatic nitrogens is 2. The minimum Gasteiger partial charge on any atom is -0.444 e. The van der Waals surface area contributed by atoms with Gasteiger partial charge in [0.2, 0.25) is 0 Å². The molecule has 1 aliphatic rings. The molecule has 138 valence electrons. The number of piperidine rings is 1. The van der Waals surface area contributed by atoms with Crippen LogP contribution in [0.2, 0.25) is 5.15 Å². The molecule has 1 fully saturated rings. The van der Waals surface area contributed by atoms with Crippen LogP contribution in [0.1, 0.15) is 33.6 Å². The lowest BCUT2D eigenvalue weighted by molar-refractivity contribution is 0.0485. The Hall–Kier alpha value is -1.61. The molecule has 1 atom stereocenters. The molecule has 1 amide bonds.